The van der Waals surface area contributed by atoms with Crippen LogP contribution >= 0.6 is 0 Å². The molecule has 0 spiro atoms. The summed E-state index contributed by atoms with van der Waals surface area (Å²) in [4.78, 5) is 18.3. The van der Waals surface area contributed by atoms with Crippen molar-refractivity contribution in [1.29, 1.82) is 0 Å². The van der Waals surface area contributed by atoms with Crippen LogP contribution in [0.3, 0.4) is 0 Å². The molecule has 0 aromatic heterocycles. The maximum atomic E-state index is 11.6. The molecule has 0 aromatic rings. The third-order valence-corrected chi connectivity index (χ3v) is 2.49. The lowest BCUT2D eigenvalue weighted by Gasteiger charge is -2.15. The van der Waals surface area contributed by atoms with E-state index in [-0.39, 0.29) is 11.9 Å². The third kappa shape index (κ3) is 1.32. The average molecular weight is 170 g/mol. The molecule has 2 fully saturated rings. The highest BCUT2D eigenvalue weighted by atomic mass is 16.6. The smallest absolute Gasteiger partial charge is 0.242 e. The minimum atomic E-state index is -0.101. The van der Waals surface area contributed by atoms with Crippen molar-refractivity contribution in [3.63, 3.8) is 0 Å². The van der Waals surface area contributed by atoms with Gasteiger partial charge < -0.3 is 9.74 Å². The Kier molecular flexibility index (Phi) is 2.02. The van der Waals surface area contributed by atoms with Gasteiger partial charge in [0, 0.05) is 12.6 Å². The van der Waals surface area contributed by atoms with Gasteiger partial charge in [-0.1, -0.05) is 0 Å². The summed E-state index contributed by atoms with van der Waals surface area (Å²) in [6.07, 6.45) is 3.25. The zero-order valence-electron chi connectivity index (χ0n) is 7.25. The van der Waals surface area contributed by atoms with Crippen molar-refractivity contribution >= 4 is 5.91 Å². The molecule has 12 heavy (non-hydrogen) atoms. The minimum Gasteiger partial charge on any atom is -0.338 e. The molecule has 0 bridgehead atoms. The van der Waals surface area contributed by atoms with Crippen molar-refractivity contribution in [2.75, 3.05) is 13.7 Å². The van der Waals surface area contributed by atoms with E-state index in [9.17, 15) is 4.79 Å². The molecule has 4 heteroatoms. The van der Waals surface area contributed by atoms with Crippen LogP contribution in [-0.2, 0) is 9.63 Å². The van der Waals surface area contributed by atoms with Crippen molar-refractivity contribution in [1.82, 2.24) is 10.4 Å². The van der Waals surface area contributed by atoms with Crippen molar-refractivity contribution in [3.05, 3.63) is 0 Å². The number of hydrogen-bond acceptors (Lipinski definition) is 3. The van der Waals surface area contributed by atoms with Crippen LogP contribution in [0.1, 0.15) is 19.3 Å². The van der Waals surface area contributed by atoms with E-state index < -0.39 is 0 Å². The first-order valence-corrected chi connectivity index (χ1v) is 4.42. The summed E-state index contributed by atoms with van der Waals surface area (Å²) in [6.45, 7) is 0.893. The first kappa shape index (κ1) is 8.01. The summed E-state index contributed by atoms with van der Waals surface area (Å²) in [6, 6.07) is 0.441. The van der Waals surface area contributed by atoms with Crippen LogP contribution in [0.4, 0.5) is 0 Å². The van der Waals surface area contributed by atoms with E-state index in [1.54, 1.807) is 7.11 Å². The second-order valence-corrected chi connectivity index (χ2v) is 3.43. The number of carbonyl (C=O) groups excluding carboxylic acids is 1. The van der Waals surface area contributed by atoms with Gasteiger partial charge in [0.2, 0.25) is 5.91 Å². The fourth-order valence-electron chi connectivity index (χ4n) is 1.70. The van der Waals surface area contributed by atoms with Crippen molar-refractivity contribution in [2.24, 2.45) is 0 Å². The Morgan fingerprint density at radius 1 is 1.50 bits per heavy atom. The maximum Gasteiger partial charge on any atom is 0.242 e. The number of likely N-dealkylation sites (tertiary alicyclic amines) is 1. The molecule has 1 aliphatic heterocycles. The van der Waals surface area contributed by atoms with Gasteiger partial charge in [0.05, 0.1) is 7.11 Å². The maximum absolute atomic E-state index is 11.6. The Labute approximate surface area is 71.8 Å². The molecule has 1 amide bonds. The molecule has 1 heterocycles. The van der Waals surface area contributed by atoms with E-state index in [1.807, 2.05) is 4.90 Å². The van der Waals surface area contributed by atoms with E-state index in [0.717, 1.165) is 13.0 Å². The Hall–Kier alpha value is -0.610. The second kappa shape index (κ2) is 3.03. The average Bonchev–Trinajstić information content (AvgIpc) is 2.82. The van der Waals surface area contributed by atoms with Gasteiger partial charge in [-0.3, -0.25) is 4.79 Å². The number of rotatable bonds is 3. The van der Waals surface area contributed by atoms with Gasteiger partial charge in [0.1, 0.15) is 6.04 Å². The molecular weight excluding hydrogens is 156 g/mol. The monoisotopic (exact) mass is 170 g/mol. The highest BCUT2D eigenvalue weighted by Crippen LogP contribution is 2.30. The lowest BCUT2D eigenvalue weighted by atomic mass is 10.3. The predicted molar refractivity (Wildman–Crippen MR) is 43.3 cm³/mol. The molecule has 1 N–H and O–H groups in total. The fraction of sp³-hybridized carbons (Fsp3) is 0.875. The van der Waals surface area contributed by atoms with Gasteiger partial charge in [-0.2, -0.15) is 5.48 Å². The van der Waals surface area contributed by atoms with E-state index in [4.69, 9.17) is 4.84 Å². The molecule has 0 aromatic carbocycles. The van der Waals surface area contributed by atoms with Gasteiger partial charge >= 0.3 is 0 Å². The number of nitrogens with zero attached hydrogens (tertiary/aromatic N) is 1. The summed E-state index contributed by atoms with van der Waals surface area (Å²) in [5, 5.41) is 0. The molecule has 2 rings (SSSR count). The minimum absolute atomic E-state index is 0.101. The van der Waals surface area contributed by atoms with Gasteiger partial charge in [-0.15, -0.1) is 0 Å². The van der Waals surface area contributed by atoms with Crippen LogP contribution in [0, 0.1) is 0 Å². The Bertz CT molecular complexity index is 191. The Morgan fingerprint density at radius 3 is 2.83 bits per heavy atom. The molecule has 68 valence electrons. The molecule has 4 nitrogen and oxygen atoms in total. The summed E-state index contributed by atoms with van der Waals surface area (Å²) in [5.41, 5.74) is 2.72. The van der Waals surface area contributed by atoms with Gasteiger partial charge in [0.15, 0.2) is 0 Å². The highest BCUT2D eigenvalue weighted by Gasteiger charge is 2.40. The van der Waals surface area contributed by atoms with E-state index in [0.29, 0.717) is 6.04 Å². The summed E-state index contributed by atoms with van der Waals surface area (Å²) >= 11 is 0. The van der Waals surface area contributed by atoms with Crippen molar-refractivity contribution < 1.29 is 9.63 Å². The number of hydroxylamine groups is 1. The Morgan fingerprint density at radius 2 is 2.25 bits per heavy atom. The number of nitrogens with one attached hydrogen (secondary N) is 1. The number of hydrogen-bond donors (Lipinski definition) is 1. The molecule has 1 atom stereocenters. The topological polar surface area (TPSA) is 41.6 Å². The lowest BCUT2D eigenvalue weighted by Crippen LogP contribution is -2.38. The molecule has 0 radical (unpaired) electrons. The van der Waals surface area contributed by atoms with E-state index in [1.165, 1.54) is 12.8 Å². The molecule has 1 saturated heterocycles. The van der Waals surface area contributed by atoms with Crippen LogP contribution in [0.5, 0.6) is 0 Å². The van der Waals surface area contributed by atoms with Crippen molar-refractivity contribution in [3.8, 4) is 0 Å². The zero-order valence-corrected chi connectivity index (χ0v) is 7.25. The van der Waals surface area contributed by atoms with E-state index in [2.05, 4.69) is 5.48 Å². The third-order valence-electron chi connectivity index (χ3n) is 2.49. The second-order valence-electron chi connectivity index (χ2n) is 3.43. The predicted octanol–water partition coefficient (Wildman–Crippen LogP) is -0.0993. The highest BCUT2D eigenvalue weighted by molar-refractivity contribution is 5.84. The van der Waals surface area contributed by atoms with Crippen LogP contribution in [-0.4, -0.2) is 36.5 Å². The normalized spacial score (nSPS) is 29.9. The number of amides is 1. The van der Waals surface area contributed by atoms with Crippen LogP contribution in [0.2, 0.25) is 0 Å². The van der Waals surface area contributed by atoms with Gasteiger partial charge in [0.25, 0.3) is 0 Å². The van der Waals surface area contributed by atoms with Crippen LogP contribution in [0.25, 0.3) is 0 Å². The van der Waals surface area contributed by atoms with Crippen LogP contribution < -0.4 is 5.48 Å². The largest absolute Gasteiger partial charge is 0.338 e. The van der Waals surface area contributed by atoms with Crippen LogP contribution in [0.15, 0.2) is 0 Å². The molecular formula is C8H14N2O2. The van der Waals surface area contributed by atoms with Gasteiger partial charge in [-0.25, -0.2) is 0 Å². The molecule has 1 unspecified atom stereocenters. The summed E-state index contributed by atoms with van der Waals surface area (Å²) in [7, 11) is 1.55. The quantitative estimate of drug-likeness (QED) is 0.601. The summed E-state index contributed by atoms with van der Waals surface area (Å²) < 4.78 is 0. The first-order chi connectivity index (χ1) is 5.83. The zero-order chi connectivity index (χ0) is 8.55. The first-order valence-electron chi connectivity index (χ1n) is 4.42. The van der Waals surface area contributed by atoms with E-state index >= 15 is 0 Å². The molecule has 1 saturated carbocycles. The SMILES string of the molecule is CONC1CCN(C2CC2)C1=O. The fourth-order valence-corrected chi connectivity index (χ4v) is 1.70. The molecule has 2 aliphatic rings. The lowest BCUT2D eigenvalue weighted by molar-refractivity contribution is -0.132. The molecule has 1 aliphatic carbocycles. The Balaban J connectivity index is 1.91. The van der Waals surface area contributed by atoms with Gasteiger partial charge in [-0.05, 0) is 19.3 Å². The number of carbonyl (C=O) groups is 1. The standard InChI is InChI=1S/C8H14N2O2/c1-12-9-7-4-5-10(8(7)11)6-2-3-6/h6-7,9H,2-5H2,1H3. The summed E-state index contributed by atoms with van der Waals surface area (Å²) in [5.74, 6) is 0.208. The van der Waals surface area contributed by atoms with Crippen molar-refractivity contribution in [2.45, 2.75) is 31.3 Å².